The van der Waals surface area contributed by atoms with Crippen LogP contribution in [0.3, 0.4) is 0 Å². The Hall–Kier alpha value is -3.04. The summed E-state index contributed by atoms with van der Waals surface area (Å²) in [6.45, 7) is 5.79. The summed E-state index contributed by atoms with van der Waals surface area (Å²) in [6, 6.07) is 15.6. The van der Waals surface area contributed by atoms with Crippen molar-refractivity contribution in [3.8, 4) is 0 Å². The van der Waals surface area contributed by atoms with E-state index in [4.69, 9.17) is 37.6 Å². The van der Waals surface area contributed by atoms with Gasteiger partial charge in [-0.15, -0.1) is 0 Å². The second kappa shape index (κ2) is 12.8. The molecule has 11 heteroatoms. The lowest BCUT2D eigenvalue weighted by Gasteiger charge is -2.26. The van der Waals surface area contributed by atoms with Crippen LogP contribution in [0, 0.1) is 13.8 Å². The Labute approximate surface area is 216 Å². The number of alkyl halides is 3. The minimum absolute atomic E-state index is 0.0337. The number of aryl methyl sites for hydroxylation is 2. The zero-order valence-corrected chi connectivity index (χ0v) is 21.2. The number of aromatic nitrogens is 1. The van der Waals surface area contributed by atoms with E-state index in [-0.39, 0.29) is 24.3 Å². The van der Waals surface area contributed by atoms with Crippen molar-refractivity contribution < 1.29 is 37.5 Å². The van der Waals surface area contributed by atoms with Gasteiger partial charge in [0.1, 0.15) is 5.97 Å². The molecule has 1 aromatic heterocycles. The molecule has 0 aliphatic carbocycles. The van der Waals surface area contributed by atoms with Crippen LogP contribution in [0.15, 0.2) is 53.1 Å². The number of benzene rings is 2. The van der Waals surface area contributed by atoms with E-state index in [1.165, 1.54) is 0 Å². The molecule has 1 heterocycles. The monoisotopic (exact) mass is 544 g/mol. The largest absolute Gasteiger partial charge is 0.542 e. The number of carbonyl (C=O) groups excluding carboxylic acids is 2. The van der Waals surface area contributed by atoms with E-state index in [1.54, 1.807) is 0 Å². The molecule has 3 aromatic rings. The number of aromatic amines is 1. The Kier molecular flexibility index (Phi) is 10.4. The second-order valence-electron chi connectivity index (χ2n) is 8.17. The molecule has 194 valence electrons. The zero-order chi connectivity index (χ0) is 27.0. The molecule has 0 aliphatic heterocycles. The van der Waals surface area contributed by atoms with Crippen LogP contribution < -0.4 is 15.6 Å². The Morgan fingerprint density at radius 1 is 1.03 bits per heavy atom. The fourth-order valence-corrected chi connectivity index (χ4v) is 3.78. The third kappa shape index (κ3) is 8.87. The highest BCUT2D eigenvalue weighted by atomic mass is 35.5. The molecule has 0 unspecified atom stereocenters. The van der Waals surface area contributed by atoms with E-state index in [9.17, 15) is 18.0 Å². The quantitative estimate of drug-likeness (QED) is 0.477. The number of aliphatic carboxylic acids is 1. The minimum Gasteiger partial charge on any atom is -0.542 e. The molecule has 0 spiro atoms. The number of amides is 1. The SMILES string of the molecule is Cc1[nH+]oc(C)c1CC(=O)N[C@H](C)[C@H](Cc1ccc(Cl)cc1)c1ccc(Cl)cc1.O=C([O-])C(F)(F)F. The predicted molar refractivity (Wildman–Crippen MR) is 126 cm³/mol. The molecule has 6 nitrogen and oxygen atoms in total. The number of hydrogen-bond donors (Lipinski definition) is 1. The van der Waals surface area contributed by atoms with Gasteiger partial charge in [-0.05, 0) is 53.9 Å². The van der Waals surface area contributed by atoms with Crippen molar-refractivity contribution in [1.82, 2.24) is 5.32 Å². The highest BCUT2D eigenvalue weighted by Crippen LogP contribution is 2.27. The van der Waals surface area contributed by atoms with Crippen LogP contribution in [0.2, 0.25) is 10.0 Å². The molecule has 2 atom stereocenters. The first-order valence-corrected chi connectivity index (χ1v) is 11.6. The lowest BCUT2D eigenvalue weighted by atomic mass is 9.86. The normalized spacial score (nSPS) is 12.8. The van der Waals surface area contributed by atoms with Crippen molar-refractivity contribution in [1.29, 1.82) is 0 Å². The summed E-state index contributed by atoms with van der Waals surface area (Å²) < 4.78 is 36.8. The molecular formula is C25H25Cl2F3N2O4. The first-order valence-electron chi connectivity index (χ1n) is 10.8. The summed E-state index contributed by atoms with van der Waals surface area (Å²) in [5.41, 5.74) is 4.06. The van der Waals surface area contributed by atoms with Crippen LogP contribution in [0.25, 0.3) is 0 Å². The van der Waals surface area contributed by atoms with E-state index in [2.05, 4.69) is 10.5 Å². The number of nitrogens with one attached hydrogen (secondary N) is 2. The van der Waals surface area contributed by atoms with Gasteiger partial charge in [0.15, 0.2) is 5.76 Å². The second-order valence-corrected chi connectivity index (χ2v) is 9.04. The van der Waals surface area contributed by atoms with Gasteiger partial charge in [0.25, 0.3) is 0 Å². The maximum atomic E-state index is 12.7. The molecule has 0 fully saturated rings. The highest BCUT2D eigenvalue weighted by Gasteiger charge is 2.29. The van der Waals surface area contributed by atoms with Gasteiger partial charge in [-0.25, -0.2) is 4.52 Å². The number of carbonyl (C=O) groups is 2. The van der Waals surface area contributed by atoms with Crippen molar-refractivity contribution >= 4 is 35.1 Å². The summed E-state index contributed by atoms with van der Waals surface area (Å²) in [4.78, 5) is 21.5. The molecule has 0 bridgehead atoms. The van der Waals surface area contributed by atoms with Crippen molar-refractivity contribution in [2.45, 2.75) is 51.7 Å². The predicted octanol–water partition coefficient (Wildman–Crippen LogP) is 4.39. The maximum Gasteiger partial charge on any atom is 0.430 e. The van der Waals surface area contributed by atoms with Gasteiger partial charge in [0.2, 0.25) is 11.6 Å². The van der Waals surface area contributed by atoms with Crippen molar-refractivity contribution in [2.24, 2.45) is 0 Å². The third-order valence-electron chi connectivity index (χ3n) is 5.46. The Balaban J connectivity index is 0.000000572. The van der Waals surface area contributed by atoms with E-state index in [0.29, 0.717) is 10.0 Å². The summed E-state index contributed by atoms with van der Waals surface area (Å²) in [5, 5.41) is 16.2. The Bertz CT molecular complexity index is 1140. The lowest BCUT2D eigenvalue weighted by molar-refractivity contribution is -0.615. The number of halogens is 5. The average molecular weight is 545 g/mol. The number of H-pyrrole nitrogens is 1. The van der Waals surface area contributed by atoms with Gasteiger partial charge in [-0.3, -0.25) is 4.79 Å². The first-order chi connectivity index (χ1) is 16.8. The summed E-state index contributed by atoms with van der Waals surface area (Å²) in [7, 11) is 0. The number of carboxylic acids is 1. The molecule has 0 radical (unpaired) electrons. The number of rotatable bonds is 7. The molecule has 1 amide bonds. The van der Waals surface area contributed by atoms with Crippen LogP contribution in [0.1, 0.15) is 41.0 Å². The molecule has 3 rings (SSSR count). The van der Waals surface area contributed by atoms with Crippen molar-refractivity contribution in [3.63, 3.8) is 0 Å². The molecular weight excluding hydrogens is 520 g/mol. The summed E-state index contributed by atoms with van der Waals surface area (Å²) >= 11 is 12.1. The number of carboxylic acid groups (broad SMARTS) is 1. The van der Waals surface area contributed by atoms with Crippen molar-refractivity contribution in [3.05, 3.63) is 86.7 Å². The van der Waals surface area contributed by atoms with E-state index >= 15 is 0 Å². The lowest BCUT2D eigenvalue weighted by Crippen LogP contribution is -2.38. The van der Waals surface area contributed by atoms with Gasteiger partial charge in [-0.2, -0.15) is 13.2 Å². The standard InChI is InChI=1S/C23H24Cl2N2O2.C2HF3O2/c1-14(26-23(28)13-21-15(2)27-29-16(21)3)22(18-6-10-20(25)11-7-18)12-17-4-8-19(24)9-5-17;3-2(4,5)1(6)7/h4-11,14,22H,12-13H2,1-3H3,(H,26,28);(H,6,7)/t14-,22+;/m1./s1. The maximum absolute atomic E-state index is 12.7. The summed E-state index contributed by atoms with van der Waals surface area (Å²) in [6.07, 6.45) is -4.14. The molecule has 0 saturated carbocycles. The minimum atomic E-state index is -5.19. The van der Waals surface area contributed by atoms with Gasteiger partial charge < -0.3 is 15.2 Å². The Morgan fingerprint density at radius 3 is 1.97 bits per heavy atom. The smallest absolute Gasteiger partial charge is 0.430 e. The van der Waals surface area contributed by atoms with Crippen LogP contribution >= 0.6 is 23.2 Å². The van der Waals surface area contributed by atoms with Crippen LogP contribution in [0.4, 0.5) is 13.2 Å². The average Bonchev–Trinajstić information content (AvgIpc) is 3.11. The van der Waals surface area contributed by atoms with Crippen molar-refractivity contribution in [2.75, 3.05) is 0 Å². The van der Waals surface area contributed by atoms with Gasteiger partial charge in [0.05, 0.1) is 12.0 Å². The molecule has 2 aromatic carbocycles. The van der Waals surface area contributed by atoms with E-state index < -0.39 is 12.1 Å². The molecule has 0 aliphatic rings. The molecule has 0 saturated heterocycles. The van der Waals surface area contributed by atoms with E-state index in [1.807, 2.05) is 69.3 Å². The molecule has 36 heavy (non-hydrogen) atoms. The van der Waals surface area contributed by atoms with Gasteiger partial charge in [0, 0.05) is 35.9 Å². The third-order valence-corrected chi connectivity index (χ3v) is 5.97. The van der Waals surface area contributed by atoms with Crippen LogP contribution in [-0.4, -0.2) is 24.1 Å². The van der Waals surface area contributed by atoms with Gasteiger partial charge in [-0.1, -0.05) is 47.5 Å². The molecule has 2 N–H and O–H groups in total. The summed E-state index contributed by atoms with van der Waals surface area (Å²) in [5.74, 6) is -2.21. The first kappa shape index (κ1) is 29.2. The Morgan fingerprint density at radius 2 is 1.53 bits per heavy atom. The fraction of sp³-hybridized carbons (Fsp3) is 0.320. The number of hydrogen-bond acceptors (Lipinski definition) is 4. The van der Waals surface area contributed by atoms with Crippen LogP contribution in [0.5, 0.6) is 0 Å². The fourth-order valence-electron chi connectivity index (χ4n) is 3.53. The van der Waals surface area contributed by atoms with E-state index in [0.717, 1.165) is 34.6 Å². The highest BCUT2D eigenvalue weighted by molar-refractivity contribution is 6.30. The topological polar surface area (TPSA) is 96.5 Å². The zero-order valence-electron chi connectivity index (χ0n) is 19.7. The van der Waals surface area contributed by atoms with Crippen LogP contribution in [-0.2, 0) is 22.4 Å². The van der Waals surface area contributed by atoms with Gasteiger partial charge >= 0.3 is 6.18 Å².